The van der Waals surface area contributed by atoms with Crippen LogP contribution in [0.2, 0.25) is 0 Å². The number of hydrogen-bond donors (Lipinski definition) is 1. The SMILES string of the molecule is O=S(=O)(NC1CCCc2nc(-c3cccnc3)ncc21)c1cccs1. The molecule has 1 aliphatic carbocycles. The first-order chi connectivity index (χ1) is 12.1. The molecule has 0 saturated heterocycles. The first-order valence-corrected chi connectivity index (χ1v) is 10.3. The fourth-order valence-corrected chi connectivity index (χ4v) is 5.22. The van der Waals surface area contributed by atoms with Crippen LogP contribution >= 0.6 is 11.3 Å². The second-order valence-electron chi connectivity index (χ2n) is 5.84. The highest BCUT2D eigenvalue weighted by molar-refractivity contribution is 7.91. The fraction of sp³-hybridized carbons (Fsp3) is 0.235. The van der Waals surface area contributed by atoms with E-state index in [1.54, 1.807) is 36.1 Å². The Morgan fingerprint density at radius 2 is 2.12 bits per heavy atom. The predicted molar refractivity (Wildman–Crippen MR) is 95.6 cm³/mol. The smallest absolute Gasteiger partial charge is 0.250 e. The second-order valence-corrected chi connectivity index (χ2v) is 8.72. The Kier molecular flexibility index (Phi) is 4.32. The molecule has 0 fully saturated rings. The molecule has 0 bridgehead atoms. The monoisotopic (exact) mass is 372 g/mol. The third kappa shape index (κ3) is 3.33. The number of fused-ring (bicyclic) bond motifs is 1. The van der Waals surface area contributed by atoms with E-state index in [0.29, 0.717) is 10.0 Å². The maximum absolute atomic E-state index is 12.5. The molecule has 0 aliphatic heterocycles. The number of sulfonamides is 1. The van der Waals surface area contributed by atoms with Gasteiger partial charge in [0, 0.05) is 35.4 Å². The van der Waals surface area contributed by atoms with E-state index in [9.17, 15) is 8.42 Å². The number of nitrogens with zero attached hydrogens (tertiary/aromatic N) is 3. The van der Waals surface area contributed by atoms with Gasteiger partial charge in [0.25, 0.3) is 10.0 Å². The Bertz CT molecular complexity index is 973. The van der Waals surface area contributed by atoms with Gasteiger partial charge in [0.1, 0.15) is 4.21 Å². The topological polar surface area (TPSA) is 84.8 Å². The summed E-state index contributed by atoms with van der Waals surface area (Å²) in [4.78, 5) is 13.2. The molecule has 3 aromatic rings. The van der Waals surface area contributed by atoms with E-state index >= 15 is 0 Å². The van der Waals surface area contributed by atoms with E-state index < -0.39 is 10.0 Å². The minimum atomic E-state index is -3.52. The van der Waals surface area contributed by atoms with Gasteiger partial charge in [-0.15, -0.1) is 11.3 Å². The molecule has 0 amide bonds. The predicted octanol–water partition coefficient (Wildman–Crippen LogP) is 2.96. The third-order valence-corrected chi connectivity index (χ3v) is 7.03. The van der Waals surface area contributed by atoms with Crippen LogP contribution in [-0.2, 0) is 16.4 Å². The van der Waals surface area contributed by atoms with E-state index in [-0.39, 0.29) is 6.04 Å². The molecule has 1 atom stereocenters. The number of rotatable bonds is 4. The lowest BCUT2D eigenvalue weighted by Crippen LogP contribution is -2.31. The average Bonchev–Trinajstić information content (AvgIpc) is 3.18. The molecule has 1 N–H and O–H groups in total. The summed E-state index contributed by atoms with van der Waals surface area (Å²) in [5, 5.41) is 1.76. The van der Waals surface area contributed by atoms with Gasteiger partial charge in [0.05, 0.1) is 6.04 Å². The lowest BCUT2D eigenvalue weighted by atomic mass is 9.93. The summed E-state index contributed by atoms with van der Waals surface area (Å²) in [6, 6.07) is 6.81. The summed E-state index contributed by atoms with van der Waals surface area (Å²) in [5.74, 6) is 0.619. The molecule has 8 heteroatoms. The van der Waals surface area contributed by atoms with Crippen molar-refractivity contribution in [2.45, 2.75) is 29.5 Å². The molecule has 1 aliphatic rings. The summed E-state index contributed by atoms with van der Waals surface area (Å²) < 4.78 is 28.1. The molecule has 0 saturated carbocycles. The summed E-state index contributed by atoms with van der Waals surface area (Å²) in [7, 11) is -3.52. The normalized spacial score (nSPS) is 17.2. The van der Waals surface area contributed by atoms with Crippen LogP contribution in [0.4, 0.5) is 0 Å². The molecule has 6 nitrogen and oxygen atoms in total. The van der Waals surface area contributed by atoms with Crippen molar-refractivity contribution >= 4 is 21.4 Å². The quantitative estimate of drug-likeness (QED) is 0.761. The number of hydrogen-bond acceptors (Lipinski definition) is 6. The molecule has 3 aromatic heterocycles. The summed E-state index contributed by atoms with van der Waals surface area (Å²) in [6.45, 7) is 0. The van der Waals surface area contributed by atoms with Crippen molar-refractivity contribution in [3.63, 3.8) is 0 Å². The lowest BCUT2D eigenvalue weighted by Gasteiger charge is -2.25. The van der Waals surface area contributed by atoms with Crippen LogP contribution in [0.5, 0.6) is 0 Å². The van der Waals surface area contributed by atoms with E-state index in [1.807, 2.05) is 12.1 Å². The zero-order chi connectivity index (χ0) is 17.3. The minimum Gasteiger partial charge on any atom is -0.264 e. The molecule has 3 heterocycles. The van der Waals surface area contributed by atoms with Crippen molar-refractivity contribution in [2.75, 3.05) is 0 Å². The van der Waals surface area contributed by atoms with Crippen molar-refractivity contribution in [3.8, 4) is 11.4 Å². The highest BCUT2D eigenvalue weighted by Gasteiger charge is 2.27. The summed E-state index contributed by atoms with van der Waals surface area (Å²) in [6.07, 6.45) is 7.62. The van der Waals surface area contributed by atoms with Gasteiger partial charge in [-0.3, -0.25) is 4.98 Å². The number of pyridine rings is 1. The molecule has 25 heavy (non-hydrogen) atoms. The van der Waals surface area contributed by atoms with Gasteiger partial charge in [-0.05, 0) is 42.8 Å². The number of thiophene rings is 1. The van der Waals surface area contributed by atoms with Crippen molar-refractivity contribution in [2.24, 2.45) is 0 Å². The zero-order valence-electron chi connectivity index (χ0n) is 13.3. The third-order valence-electron chi connectivity index (χ3n) is 4.16. The van der Waals surface area contributed by atoms with Crippen LogP contribution in [0, 0.1) is 0 Å². The molecular weight excluding hydrogens is 356 g/mol. The Morgan fingerprint density at radius 1 is 1.20 bits per heavy atom. The van der Waals surface area contributed by atoms with Crippen molar-refractivity contribution < 1.29 is 8.42 Å². The molecule has 4 rings (SSSR count). The minimum absolute atomic E-state index is 0.293. The first kappa shape index (κ1) is 16.3. The Morgan fingerprint density at radius 3 is 2.88 bits per heavy atom. The second kappa shape index (κ2) is 6.62. The molecule has 0 spiro atoms. The Balaban J connectivity index is 1.65. The van der Waals surface area contributed by atoms with Crippen LogP contribution in [0.1, 0.15) is 30.1 Å². The average molecular weight is 372 g/mol. The number of aryl methyl sites for hydroxylation is 1. The maximum atomic E-state index is 12.5. The number of aromatic nitrogens is 3. The van der Waals surface area contributed by atoms with Crippen LogP contribution in [0.25, 0.3) is 11.4 Å². The fourth-order valence-electron chi connectivity index (χ4n) is 2.97. The van der Waals surface area contributed by atoms with Crippen LogP contribution < -0.4 is 4.72 Å². The standard InChI is InChI=1S/C17H16N4O2S2/c22-25(23,16-7-3-9-24-16)21-15-6-1-5-14-13(15)11-19-17(20-14)12-4-2-8-18-10-12/h2-4,7-11,15,21H,1,5-6H2. The highest BCUT2D eigenvalue weighted by atomic mass is 32.2. The van der Waals surface area contributed by atoms with Crippen LogP contribution in [0.15, 0.2) is 52.4 Å². The maximum Gasteiger partial charge on any atom is 0.250 e. The molecule has 0 aromatic carbocycles. The van der Waals surface area contributed by atoms with Crippen molar-refractivity contribution in [3.05, 3.63) is 59.5 Å². The van der Waals surface area contributed by atoms with Gasteiger partial charge in [0.15, 0.2) is 5.82 Å². The van der Waals surface area contributed by atoms with E-state index in [0.717, 1.165) is 36.1 Å². The molecule has 128 valence electrons. The molecular formula is C17H16N4O2S2. The summed E-state index contributed by atoms with van der Waals surface area (Å²) >= 11 is 1.21. The van der Waals surface area contributed by atoms with Gasteiger partial charge in [-0.1, -0.05) is 6.07 Å². The van der Waals surface area contributed by atoms with E-state index in [4.69, 9.17) is 0 Å². The number of nitrogens with one attached hydrogen (secondary N) is 1. The largest absolute Gasteiger partial charge is 0.264 e. The Labute approximate surface area is 150 Å². The molecule has 0 radical (unpaired) electrons. The van der Waals surface area contributed by atoms with Crippen LogP contribution in [0.3, 0.4) is 0 Å². The lowest BCUT2D eigenvalue weighted by molar-refractivity contribution is 0.501. The van der Waals surface area contributed by atoms with Gasteiger partial charge in [-0.25, -0.2) is 23.1 Å². The van der Waals surface area contributed by atoms with Gasteiger partial charge < -0.3 is 0 Å². The first-order valence-electron chi connectivity index (χ1n) is 7.95. The van der Waals surface area contributed by atoms with Gasteiger partial charge in [-0.2, -0.15) is 0 Å². The van der Waals surface area contributed by atoms with E-state index in [1.165, 1.54) is 11.3 Å². The zero-order valence-corrected chi connectivity index (χ0v) is 14.9. The summed E-state index contributed by atoms with van der Waals surface area (Å²) in [5.41, 5.74) is 2.62. The molecule has 1 unspecified atom stereocenters. The van der Waals surface area contributed by atoms with E-state index in [2.05, 4.69) is 19.7 Å². The van der Waals surface area contributed by atoms with Gasteiger partial charge in [0.2, 0.25) is 0 Å². The Hall–Kier alpha value is -2.16. The highest BCUT2D eigenvalue weighted by Crippen LogP contribution is 2.31. The van der Waals surface area contributed by atoms with Crippen molar-refractivity contribution in [1.29, 1.82) is 0 Å². The van der Waals surface area contributed by atoms with Crippen LogP contribution in [-0.4, -0.2) is 23.4 Å². The van der Waals surface area contributed by atoms with Crippen molar-refractivity contribution in [1.82, 2.24) is 19.7 Å². The van der Waals surface area contributed by atoms with Gasteiger partial charge >= 0.3 is 0 Å².